The molecule has 1 amide bonds. The van der Waals surface area contributed by atoms with Gasteiger partial charge in [0.2, 0.25) is 11.3 Å². The number of ether oxygens (including phenoxy) is 1. The second-order valence-corrected chi connectivity index (χ2v) is 7.28. The first-order valence-electron chi connectivity index (χ1n) is 7.04. The molecule has 8 heteroatoms. The largest absolute Gasteiger partial charge is 0.378 e. The first-order chi connectivity index (χ1) is 10.6. The molecule has 0 saturated carbocycles. The number of amides is 1. The van der Waals surface area contributed by atoms with Crippen molar-refractivity contribution in [2.24, 2.45) is 0 Å². The van der Waals surface area contributed by atoms with Crippen LogP contribution in [0.5, 0.6) is 0 Å². The zero-order valence-corrected chi connectivity index (χ0v) is 14.1. The third kappa shape index (κ3) is 3.04. The number of rotatable bonds is 3. The maximum Gasteiger partial charge on any atom is 0.233 e. The van der Waals surface area contributed by atoms with Gasteiger partial charge < -0.3 is 14.6 Å². The molecule has 0 atom stereocenters. The number of carbonyl (C=O) groups is 1. The van der Waals surface area contributed by atoms with Gasteiger partial charge in [-0.1, -0.05) is 11.8 Å². The number of aromatic nitrogens is 2. The molecule has 1 N–H and O–H groups in total. The second kappa shape index (κ2) is 6.39. The van der Waals surface area contributed by atoms with E-state index < -0.39 is 0 Å². The monoisotopic (exact) mass is 339 g/mol. The lowest BCUT2D eigenvalue weighted by Gasteiger charge is -2.26. The van der Waals surface area contributed by atoms with Gasteiger partial charge in [0.15, 0.2) is 5.16 Å². The average Bonchev–Trinajstić information content (AvgIpc) is 2.94. The number of imidazole rings is 1. The molecule has 3 heterocycles. The van der Waals surface area contributed by atoms with Crippen LogP contribution in [0.15, 0.2) is 9.95 Å². The van der Waals surface area contributed by atoms with Crippen LogP contribution in [0, 0.1) is 13.8 Å². The summed E-state index contributed by atoms with van der Waals surface area (Å²) < 4.78 is 5.24. The number of hydrogen-bond donors (Lipinski definition) is 1. The highest BCUT2D eigenvalue weighted by atomic mass is 32.2. The predicted octanol–water partition coefficient (Wildman–Crippen LogP) is 1.55. The number of nitrogens with zero attached hydrogens (tertiary/aromatic N) is 2. The Labute approximate surface area is 135 Å². The number of carbonyl (C=O) groups excluding carboxylic acids is 1. The van der Waals surface area contributed by atoms with Gasteiger partial charge in [-0.3, -0.25) is 9.59 Å². The highest BCUT2D eigenvalue weighted by Gasteiger charge is 2.18. The van der Waals surface area contributed by atoms with E-state index in [0.717, 1.165) is 10.4 Å². The van der Waals surface area contributed by atoms with Gasteiger partial charge in [0.1, 0.15) is 10.3 Å². The van der Waals surface area contributed by atoms with Gasteiger partial charge in [0.05, 0.1) is 19.0 Å². The molecule has 0 spiro atoms. The number of nitrogens with one attached hydrogen (secondary N) is 1. The molecular formula is C14H17N3O3S2. The molecule has 1 saturated heterocycles. The fraction of sp³-hybridized carbons (Fsp3) is 0.500. The minimum atomic E-state index is -0.00916. The first-order valence-corrected chi connectivity index (χ1v) is 8.85. The highest BCUT2D eigenvalue weighted by Crippen LogP contribution is 2.23. The molecule has 2 aromatic rings. The second-order valence-electron chi connectivity index (χ2n) is 5.12. The molecule has 0 radical (unpaired) electrons. The molecule has 1 aliphatic rings. The number of fused-ring (bicyclic) bond motifs is 1. The Bertz CT molecular complexity index is 763. The lowest BCUT2D eigenvalue weighted by atomic mass is 10.3. The summed E-state index contributed by atoms with van der Waals surface area (Å²) in [5.41, 5.74) is 1.28. The van der Waals surface area contributed by atoms with Gasteiger partial charge in [0.25, 0.3) is 0 Å². The molecule has 118 valence electrons. The normalized spacial score (nSPS) is 15.5. The number of H-pyrrole nitrogens is 1. The number of thioether (sulfide) groups is 1. The van der Waals surface area contributed by atoms with Crippen molar-refractivity contribution in [1.29, 1.82) is 0 Å². The quantitative estimate of drug-likeness (QED) is 0.859. The van der Waals surface area contributed by atoms with E-state index in [-0.39, 0.29) is 11.3 Å². The van der Waals surface area contributed by atoms with Gasteiger partial charge in [-0.15, -0.1) is 11.3 Å². The fourth-order valence-corrected chi connectivity index (χ4v) is 3.98. The van der Waals surface area contributed by atoms with E-state index in [1.807, 2.05) is 13.8 Å². The molecule has 0 unspecified atom stereocenters. The third-order valence-electron chi connectivity index (χ3n) is 3.69. The summed E-state index contributed by atoms with van der Waals surface area (Å²) in [5, 5.41) is 0.620. The molecule has 0 aromatic carbocycles. The SMILES string of the molecule is Cc1sc2nc(SCC(=O)N3CCOCC3)[nH]c2c(=O)c1C. The molecule has 1 fully saturated rings. The van der Waals surface area contributed by atoms with Crippen molar-refractivity contribution in [3.8, 4) is 0 Å². The summed E-state index contributed by atoms with van der Waals surface area (Å²) in [6.07, 6.45) is 0. The van der Waals surface area contributed by atoms with E-state index >= 15 is 0 Å². The highest BCUT2D eigenvalue weighted by molar-refractivity contribution is 7.99. The van der Waals surface area contributed by atoms with Crippen molar-refractivity contribution in [1.82, 2.24) is 14.9 Å². The van der Waals surface area contributed by atoms with Crippen LogP contribution >= 0.6 is 23.1 Å². The van der Waals surface area contributed by atoms with E-state index in [1.165, 1.54) is 23.1 Å². The molecule has 2 aromatic heterocycles. The summed E-state index contributed by atoms with van der Waals surface area (Å²) in [6.45, 7) is 6.23. The minimum absolute atomic E-state index is 0.00916. The summed E-state index contributed by atoms with van der Waals surface area (Å²) in [4.78, 5) is 35.2. The van der Waals surface area contributed by atoms with Crippen molar-refractivity contribution < 1.29 is 9.53 Å². The molecule has 3 rings (SSSR count). The van der Waals surface area contributed by atoms with Gasteiger partial charge in [0, 0.05) is 23.5 Å². The van der Waals surface area contributed by atoms with Crippen LogP contribution in [0.2, 0.25) is 0 Å². The first kappa shape index (κ1) is 15.5. The summed E-state index contributed by atoms with van der Waals surface area (Å²) >= 11 is 2.84. The number of hydrogen-bond acceptors (Lipinski definition) is 6. The number of aromatic amines is 1. The van der Waals surface area contributed by atoms with Crippen molar-refractivity contribution >= 4 is 39.4 Å². The molecule has 0 aliphatic carbocycles. The van der Waals surface area contributed by atoms with Crippen LogP contribution in [-0.4, -0.2) is 52.8 Å². The Balaban J connectivity index is 1.73. The molecule has 0 bridgehead atoms. The Morgan fingerprint density at radius 3 is 2.86 bits per heavy atom. The Kier molecular flexibility index (Phi) is 4.51. The fourth-order valence-electron chi connectivity index (χ4n) is 2.24. The van der Waals surface area contributed by atoms with E-state index in [9.17, 15) is 9.59 Å². The van der Waals surface area contributed by atoms with Gasteiger partial charge in [-0.05, 0) is 13.8 Å². The van der Waals surface area contributed by atoms with Crippen LogP contribution in [0.25, 0.3) is 10.3 Å². The number of aryl methyl sites for hydroxylation is 1. The lowest BCUT2D eigenvalue weighted by molar-refractivity contribution is -0.132. The molecule has 1 aliphatic heterocycles. The van der Waals surface area contributed by atoms with Crippen LogP contribution in [0.1, 0.15) is 10.4 Å². The molecule has 6 nitrogen and oxygen atoms in total. The average molecular weight is 339 g/mol. The van der Waals surface area contributed by atoms with Gasteiger partial charge in [-0.2, -0.15) is 0 Å². The van der Waals surface area contributed by atoms with Crippen LogP contribution in [0.4, 0.5) is 0 Å². The standard InChI is InChI=1S/C14H17N3O3S2/c1-8-9(2)22-13-11(12(8)19)15-14(16-13)21-7-10(18)17-3-5-20-6-4-17/h3-7H2,1-2H3,(H,15,16). The third-order valence-corrected chi connectivity index (χ3v) is 5.65. The van der Waals surface area contributed by atoms with E-state index in [0.29, 0.717) is 47.6 Å². The van der Waals surface area contributed by atoms with Crippen LogP contribution < -0.4 is 5.43 Å². The molecular weight excluding hydrogens is 322 g/mol. The maximum absolute atomic E-state index is 12.2. The Hall–Kier alpha value is -1.38. The Morgan fingerprint density at radius 1 is 1.41 bits per heavy atom. The van der Waals surface area contributed by atoms with E-state index in [2.05, 4.69) is 9.97 Å². The van der Waals surface area contributed by atoms with E-state index in [1.54, 1.807) is 4.90 Å². The summed E-state index contributed by atoms with van der Waals surface area (Å²) in [5.74, 6) is 0.392. The predicted molar refractivity (Wildman–Crippen MR) is 87.8 cm³/mol. The van der Waals surface area contributed by atoms with Gasteiger partial charge >= 0.3 is 0 Å². The van der Waals surface area contributed by atoms with Crippen molar-refractivity contribution in [3.63, 3.8) is 0 Å². The minimum Gasteiger partial charge on any atom is -0.378 e. The van der Waals surface area contributed by atoms with Crippen molar-refractivity contribution in [2.75, 3.05) is 32.1 Å². The summed E-state index contributed by atoms with van der Waals surface area (Å²) in [7, 11) is 0. The van der Waals surface area contributed by atoms with Crippen LogP contribution in [-0.2, 0) is 9.53 Å². The zero-order valence-electron chi connectivity index (χ0n) is 12.5. The number of morpholine rings is 1. The zero-order chi connectivity index (χ0) is 15.7. The van der Waals surface area contributed by atoms with E-state index in [4.69, 9.17) is 4.74 Å². The van der Waals surface area contributed by atoms with Crippen molar-refractivity contribution in [2.45, 2.75) is 19.0 Å². The Morgan fingerprint density at radius 2 is 2.14 bits per heavy atom. The maximum atomic E-state index is 12.2. The molecule has 22 heavy (non-hydrogen) atoms. The van der Waals surface area contributed by atoms with Crippen molar-refractivity contribution in [3.05, 3.63) is 20.7 Å². The van der Waals surface area contributed by atoms with Gasteiger partial charge in [-0.25, -0.2) is 4.98 Å². The van der Waals surface area contributed by atoms with Crippen LogP contribution in [0.3, 0.4) is 0 Å². The lowest BCUT2D eigenvalue weighted by Crippen LogP contribution is -2.41. The summed E-state index contributed by atoms with van der Waals surface area (Å²) in [6, 6.07) is 0. The smallest absolute Gasteiger partial charge is 0.233 e. The topological polar surface area (TPSA) is 75.3 Å².